The molecule has 1 aliphatic carbocycles. The van der Waals surface area contributed by atoms with E-state index in [-0.39, 0.29) is 5.92 Å². The van der Waals surface area contributed by atoms with Crippen LogP contribution >= 0.6 is 0 Å². The zero-order valence-electron chi connectivity index (χ0n) is 6.40. The molecule has 2 rings (SSSR count). The Balaban J connectivity index is 2.29. The van der Waals surface area contributed by atoms with Gasteiger partial charge in [0.25, 0.3) is 0 Å². The third-order valence-corrected chi connectivity index (χ3v) is 2.18. The van der Waals surface area contributed by atoms with E-state index in [1.54, 1.807) is 18.4 Å². The Morgan fingerprint density at radius 1 is 1.50 bits per heavy atom. The van der Waals surface area contributed by atoms with Crippen LogP contribution in [-0.4, -0.2) is 11.1 Å². The molecule has 12 heavy (non-hydrogen) atoms. The van der Waals surface area contributed by atoms with E-state index in [1.807, 2.05) is 12.2 Å². The van der Waals surface area contributed by atoms with Crippen LogP contribution in [0.4, 0.5) is 0 Å². The van der Waals surface area contributed by atoms with Crippen LogP contribution in [0.2, 0.25) is 0 Å². The van der Waals surface area contributed by atoms with Gasteiger partial charge in [-0.2, -0.15) is 0 Å². The Kier molecular flexibility index (Phi) is 1.50. The van der Waals surface area contributed by atoms with Crippen LogP contribution in [0.25, 0.3) is 0 Å². The lowest BCUT2D eigenvalue weighted by atomic mass is 9.87. The summed E-state index contributed by atoms with van der Waals surface area (Å²) in [6, 6.07) is 0. The molecule has 0 radical (unpaired) electrons. The van der Waals surface area contributed by atoms with E-state index >= 15 is 0 Å². The SMILES string of the molecule is O=C(O)C1C=CC=C2NC=CC21. The highest BCUT2D eigenvalue weighted by Crippen LogP contribution is 2.29. The van der Waals surface area contributed by atoms with Crippen molar-refractivity contribution < 1.29 is 9.90 Å². The molecule has 0 spiro atoms. The van der Waals surface area contributed by atoms with E-state index in [1.165, 1.54) is 0 Å². The maximum Gasteiger partial charge on any atom is 0.311 e. The highest BCUT2D eigenvalue weighted by atomic mass is 16.4. The lowest BCUT2D eigenvalue weighted by Crippen LogP contribution is -2.24. The van der Waals surface area contributed by atoms with Crippen LogP contribution in [0.3, 0.4) is 0 Å². The highest BCUT2D eigenvalue weighted by Gasteiger charge is 2.30. The van der Waals surface area contributed by atoms with E-state index in [9.17, 15) is 4.79 Å². The van der Waals surface area contributed by atoms with Crippen LogP contribution in [0, 0.1) is 11.8 Å². The van der Waals surface area contributed by atoms with Gasteiger partial charge in [0.1, 0.15) is 0 Å². The number of carboxylic acids is 1. The molecule has 0 amide bonds. The standard InChI is InChI=1S/C9H9NO2/c11-9(12)7-2-1-3-8-6(7)4-5-10-8/h1-7,10H,(H,11,12). The Hall–Kier alpha value is -1.51. The smallest absolute Gasteiger partial charge is 0.311 e. The lowest BCUT2D eigenvalue weighted by Gasteiger charge is -2.19. The molecule has 0 saturated carbocycles. The first kappa shape index (κ1) is 7.16. The minimum absolute atomic E-state index is 0.00694. The number of allylic oxidation sites excluding steroid dienone is 3. The van der Waals surface area contributed by atoms with Gasteiger partial charge in [0, 0.05) is 11.6 Å². The predicted octanol–water partition coefficient (Wildman–Crippen LogP) is 0.874. The highest BCUT2D eigenvalue weighted by molar-refractivity contribution is 5.74. The Bertz CT molecular complexity index is 302. The van der Waals surface area contributed by atoms with Gasteiger partial charge in [-0.25, -0.2) is 0 Å². The molecule has 0 aromatic heterocycles. The van der Waals surface area contributed by atoms with Crippen LogP contribution in [-0.2, 0) is 4.79 Å². The third kappa shape index (κ3) is 0.942. The zero-order valence-corrected chi connectivity index (χ0v) is 6.40. The monoisotopic (exact) mass is 163 g/mol. The first-order valence-electron chi connectivity index (χ1n) is 3.83. The first-order valence-corrected chi connectivity index (χ1v) is 3.83. The number of aliphatic carboxylic acids is 1. The van der Waals surface area contributed by atoms with E-state index in [0.717, 1.165) is 5.70 Å². The molecule has 0 aromatic rings. The molecule has 0 bridgehead atoms. The molecule has 2 N–H and O–H groups in total. The molecule has 3 heteroatoms. The van der Waals surface area contributed by atoms with Crippen LogP contribution in [0.15, 0.2) is 36.2 Å². The molecule has 0 fully saturated rings. The van der Waals surface area contributed by atoms with Crippen molar-refractivity contribution in [2.45, 2.75) is 0 Å². The van der Waals surface area contributed by atoms with Gasteiger partial charge in [-0.05, 0) is 12.3 Å². The largest absolute Gasteiger partial charge is 0.481 e. The van der Waals surface area contributed by atoms with Gasteiger partial charge in [0.15, 0.2) is 0 Å². The van der Waals surface area contributed by atoms with Crippen molar-refractivity contribution in [2.24, 2.45) is 11.8 Å². The fourth-order valence-electron chi connectivity index (χ4n) is 1.55. The Morgan fingerprint density at radius 2 is 2.33 bits per heavy atom. The van der Waals surface area contributed by atoms with Crippen LogP contribution in [0.1, 0.15) is 0 Å². The van der Waals surface area contributed by atoms with Crippen molar-refractivity contribution in [1.82, 2.24) is 5.32 Å². The fourth-order valence-corrected chi connectivity index (χ4v) is 1.55. The minimum Gasteiger partial charge on any atom is -0.481 e. The summed E-state index contributed by atoms with van der Waals surface area (Å²) in [6.45, 7) is 0. The van der Waals surface area contributed by atoms with Crippen molar-refractivity contribution in [3.8, 4) is 0 Å². The normalized spacial score (nSPS) is 30.8. The number of carbonyl (C=O) groups is 1. The maximum atomic E-state index is 10.8. The molecule has 0 saturated heterocycles. The molecule has 1 aliphatic heterocycles. The number of rotatable bonds is 1. The number of hydrogen-bond donors (Lipinski definition) is 2. The molecule has 2 unspecified atom stereocenters. The summed E-state index contributed by atoms with van der Waals surface area (Å²) >= 11 is 0. The summed E-state index contributed by atoms with van der Waals surface area (Å²) in [4.78, 5) is 10.8. The molecule has 1 heterocycles. The summed E-state index contributed by atoms with van der Waals surface area (Å²) < 4.78 is 0. The van der Waals surface area contributed by atoms with Gasteiger partial charge in [-0.3, -0.25) is 4.79 Å². The van der Waals surface area contributed by atoms with E-state index in [0.29, 0.717) is 0 Å². The van der Waals surface area contributed by atoms with Crippen molar-refractivity contribution >= 4 is 5.97 Å². The summed E-state index contributed by atoms with van der Waals surface area (Å²) in [5, 5.41) is 11.9. The van der Waals surface area contributed by atoms with Gasteiger partial charge >= 0.3 is 5.97 Å². The number of hydrogen-bond acceptors (Lipinski definition) is 2. The molecule has 3 nitrogen and oxygen atoms in total. The average molecular weight is 163 g/mol. The second-order valence-corrected chi connectivity index (χ2v) is 2.90. The topological polar surface area (TPSA) is 49.3 Å². The Morgan fingerprint density at radius 3 is 3.08 bits per heavy atom. The molecular formula is C9H9NO2. The van der Waals surface area contributed by atoms with Crippen molar-refractivity contribution in [3.63, 3.8) is 0 Å². The second-order valence-electron chi connectivity index (χ2n) is 2.90. The van der Waals surface area contributed by atoms with Gasteiger partial charge in [0.2, 0.25) is 0 Å². The second kappa shape index (κ2) is 2.52. The zero-order chi connectivity index (χ0) is 8.55. The van der Waals surface area contributed by atoms with Crippen molar-refractivity contribution in [2.75, 3.05) is 0 Å². The summed E-state index contributed by atoms with van der Waals surface area (Å²) in [7, 11) is 0. The molecule has 62 valence electrons. The van der Waals surface area contributed by atoms with E-state index in [2.05, 4.69) is 5.32 Å². The fraction of sp³-hybridized carbons (Fsp3) is 0.222. The summed E-state index contributed by atoms with van der Waals surface area (Å²) in [5.74, 6) is -1.17. The molecule has 2 aliphatic rings. The van der Waals surface area contributed by atoms with Gasteiger partial charge in [-0.1, -0.05) is 18.2 Å². The summed E-state index contributed by atoms with van der Waals surface area (Å²) in [5.41, 5.74) is 0.977. The molecule has 2 atom stereocenters. The first-order chi connectivity index (χ1) is 5.79. The maximum absolute atomic E-state index is 10.8. The minimum atomic E-state index is -0.768. The number of nitrogens with one attached hydrogen (secondary N) is 1. The quantitative estimate of drug-likeness (QED) is 0.603. The van der Waals surface area contributed by atoms with Gasteiger partial charge in [-0.15, -0.1) is 0 Å². The van der Waals surface area contributed by atoms with Crippen molar-refractivity contribution in [1.29, 1.82) is 0 Å². The predicted molar refractivity (Wildman–Crippen MR) is 44.1 cm³/mol. The van der Waals surface area contributed by atoms with Gasteiger partial charge < -0.3 is 10.4 Å². The number of carboxylic acid groups (broad SMARTS) is 1. The van der Waals surface area contributed by atoms with Crippen molar-refractivity contribution in [3.05, 3.63) is 36.2 Å². The van der Waals surface area contributed by atoms with Gasteiger partial charge in [0.05, 0.1) is 5.92 Å². The van der Waals surface area contributed by atoms with E-state index < -0.39 is 11.9 Å². The van der Waals surface area contributed by atoms with Crippen LogP contribution < -0.4 is 5.32 Å². The van der Waals surface area contributed by atoms with Crippen LogP contribution in [0.5, 0.6) is 0 Å². The average Bonchev–Trinajstić information content (AvgIpc) is 2.49. The number of fused-ring (bicyclic) bond motifs is 1. The Labute approximate surface area is 70.1 Å². The summed E-state index contributed by atoms with van der Waals surface area (Å²) in [6.07, 6.45) is 9.08. The lowest BCUT2D eigenvalue weighted by molar-refractivity contribution is -0.140. The molecule has 0 aromatic carbocycles. The van der Waals surface area contributed by atoms with E-state index in [4.69, 9.17) is 5.11 Å². The third-order valence-electron chi connectivity index (χ3n) is 2.18. The molecular weight excluding hydrogens is 154 g/mol.